The van der Waals surface area contributed by atoms with E-state index in [1.54, 1.807) is 6.92 Å². The molecule has 0 radical (unpaired) electrons. The quantitative estimate of drug-likeness (QED) is 0.169. The molecular weight excluding hydrogens is 599 g/mol. The molecule has 2 heterocycles. The SMILES string of the molecule is Cc1c(Cl)nc(Cl)c(C#N)c1C.Cc1c(Nc2cccc3c2CCC3)nc(Cl)c(C#N)c1C.Nc1cccc2c1CCC2. The number of fused-ring (bicyclic) bond motifs is 2. The highest BCUT2D eigenvalue weighted by Gasteiger charge is 2.18. The molecule has 2 aromatic carbocycles. The summed E-state index contributed by atoms with van der Waals surface area (Å²) in [5.41, 5.74) is 17.8. The minimum atomic E-state index is 0.172. The summed E-state index contributed by atoms with van der Waals surface area (Å²) < 4.78 is 0. The van der Waals surface area contributed by atoms with Gasteiger partial charge in [0, 0.05) is 11.4 Å². The van der Waals surface area contributed by atoms with E-state index < -0.39 is 0 Å². The molecule has 0 amide bonds. The Balaban J connectivity index is 0.000000162. The third-order valence-electron chi connectivity index (χ3n) is 8.16. The fourth-order valence-corrected chi connectivity index (χ4v) is 6.18. The maximum Gasteiger partial charge on any atom is 0.149 e. The van der Waals surface area contributed by atoms with Gasteiger partial charge >= 0.3 is 0 Å². The van der Waals surface area contributed by atoms with Crippen molar-refractivity contribution in [3.05, 3.63) is 107 Å². The molecule has 0 saturated carbocycles. The van der Waals surface area contributed by atoms with Gasteiger partial charge in [0.05, 0.1) is 11.1 Å². The number of anilines is 3. The molecule has 0 bridgehead atoms. The molecule has 0 atom stereocenters. The van der Waals surface area contributed by atoms with Crippen LogP contribution < -0.4 is 11.1 Å². The molecule has 220 valence electrons. The second kappa shape index (κ2) is 14.1. The molecule has 43 heavy (non-hydrogen) atoms. The van der Waals surface area contributed by atoms with Gasteiger partial charge in [-0.15, -0.1) is 0 Å². The lowest BCUT2D eigenvalue weighted by molar-refractivity contribution is 0.912. The molecule has 2 aliphatic rings. The van der Waals surface area contributed by atoms with Crippen LogP contribution in [0.25, 0.3) is 0 Å². The van der Waals surface area contributed by atoms with Gasteiger partial charge in [-0.2, -0.15) is 10.5 Å². The fourth-order valence-electron chi connectivity index (χ4n) is 5.38. The maximum absolute atomic E-state index is 9.14. The first-order chi connectivity index (χ1) is 20.6. The number of nitriles is 2. The predicted molar refractivity (Wildman–Crippen MR) is 177 cm³/mol. The Morgan fingerprint density at radius 1 is 0.674 bits per heavy atom. The zero-order valence-corrected chi connectivity index (χ0v) is 27.0. The number of benzene rings is 2. The first-order valence-electron chi connectivity index (χ1n) is 14.1. The van der Waals surface area contributed by atoms with Crippen molar-refractivity contribution in [3.8, 4) is 12.1 Å². The van der Waals surface area contributed by atoms with Crippen molar-refractivity contribution in [3.63, 3.8) is 0 Å². The average Bonchev–Trinajstić information content (AvgIpc) is 3.67. The first kappa shape index (κ1) is 32.1. The molecule has 0 saturated heterocycles. The molecule has 2 aromatic heterocycles. The number of rotatable bonds is 2. The Bertz CT molecular complexity index is 1770. The lowest BCUT2D eigenvalue weighted by Gasteiger charge is -2.15. The molecule has 0 aliphatic heterocycles. The lowest BCUT2D eigenvalue weighted by atomic mass is 10.1. The Hall–Kier alpha value is -3.81. The summed E-state index contributed by atoms with van der Waals surface area (Å²) in [6.45, 7) is 7.47. The van der Waals surface area contributed by atoms with Crippen molar-refractivity contribution in [1.29, 1.82) is 10.5 Å². The van der Waals surface area contributed by atoms with Crippen LogP contribution in [0.15, 0.2) is 36.4 Å². The highest BCUT2D eigenvalue weighted by atomic mass is 35.5. The minimum absolute atomic E-state index is 0.172. The Kier molecular flexibility index (Phi) is 10.5. The molecule has 9 heteroatoms. The number of nitrogens with two attached hydrogens (primary N) is 1. The van der Waals surface area contributed by atoms with E-state index in [0.717, 1.165) is 52.3 Å². The molecule has 0 fully saturated rings. The number of hydrogen-bond donors (Lipinski definition) is 2. The number of nitrogen functional groups attached to an aromatic ring is 1. The molecule has 0 spiro atoms. The molecule has 3 N–H and O–H groups in total. The van der Waals surface area contributed by atoms with Gasteiger partial charge in [-0.1, -0.05) is 59.1 Å². The third kappa shape index (κ3) is 7.06. The topological polar surface area (TPSA) is 111 Å². The van der Waals surface area contributed by atoms with Gasteiger partial charge in [0.15, 0.2) is 0 Å². The van der Waals surface area contributed by atoms with Crippen molar-refractivity contribution in [2.24, 2.45) is 0 Å². The Morgan fingerprint density at radius 2 is 1.21 bits per heavy atom. The van der Waals surface area contributed by atoms with Crippen LogP contribution in [-0.2, 0) is 25.7 Å². The van der Waals surface area contributed by atoms with Crippen LogP contribution in [0.2, 0.25) is 15.5 Å². The lowest BCUT2D eigenvalue weighted by Crippen LogP contribution is -2.03. The van der Waals surface area contributed by atoms with E-state index in [2.05, 4.69) is 45.6 Å². The van der Waals surface area contributed by atoms with Crippen LogP contribution in [0.1, 0.15) is 68.5 Å². The summed E-state index contributed by atoms with van der Waals surface area (Å²) in [5, 5.41) is 22.0. The normalized spacial score (nSPS) is 12.5. The van der Waals surface area contributed by atoms with Crippen LogP contribution in [0.5, 0.6) is 0 Å². The van der Waals surface area contributed by atoms with Gasteiger partial charge < -0.3 is 11.1 Å². The van der Waals surface area contributed by atoms with Gasteiger partial charge in [0.25, 0.3) is 0 Å². The Labute approximate surface area is 268 Å². The van der Waals surface area contributed by atoms with Crippen molar-refractivity contribution in [1.82, 2.24) is 9.97 Å². The smallest absolute Gasteiger partial charge is 0.149 e. The minimum Gasteiger partial charge on any atom is -0.398 e. The standard InChI is InChI=1S/C17H16ClN3.C9H11N.C8H6Cl2N2/c1-10-11(2)17(21-16(18)14(10)9-19)20-15-8-4-6-12-5-3-7-13(12)15;10-9-6-2-4-7-3-1-5-8(7)9;1-4-5(2)7(9)12-8(10)6(4)3-11/h4,6,8H,3,5,7H2,1-2H3,(H,20,21);2,4,6H,1,3,5,10H2;1-2H3. The largest absolute Gasteiger partial charge is 0.398 e. The van der Waals surface area contributed by atoms with E-state index in [9.17, 15) is 0 Å². The number of nitrogens with zero attached hydrogens (tertiary/aromatic N) is 4. The molecule has 6 nitrogen and oxygen atoms in total. The number of pyridine rings is 2. The van der Waals surface area contributed by atoms with Crippen LogP contribution in [0.4, 0.5) is 17.2 Å². The van der Waals surface area contributed by atoms with E-state index in [0.29, 0.717) is 16.3 Å². The number of hydrogen-bond acceptors (Lipinski definition) is 6. The molecule has 4 aromatic rings. The van der Waals surface area contributed by atoms with E-state index in [-0.39, 0.29) is 10.3 Å². The van der Waals surface area contributed by atoms with Gasteiger partial charge in [0.1, 0.15) is 33.4 Å². The van der Waals surface area contributed by atoms with E-state index in [4.69, 9.17) is 51.1 Å². The average molecular weight is 632 g/mol. The van der Waals surface area contributed by atoms with Crippen LogP contribution in [-0.4, -0.2) is 9.97 Å². The summed E-state index contributed by atoms with van der Waals surface area (Å²) in [5.74, 6) is 0.733. The van der Waals surface area contributed by atoms with E-state index in [1.165, 1.54) is 47.9 Å². The third-order valence-corrected chi connectivity index (χ3v) is 9.08. The zero-order chi connectivity index (χ0) is 31.3. The summed E-state index contributed by atoms with van der Waals surface area (Å²) in [7, 11) is 0. The summed E-state index contributed by atoms with van der Waals surface area (Å²) in [6, 6.07) is 16.6. The second-order valence-electron chi connectivity index (χ2n) is 10.7. The summed E-state index contributed by atoms with van der Waals surface area (Å²) >= 11 is 17.5. The molecule has 2 aliphatic carbocycles. The second-order valence-corrected chi connectivity index (χ2v) is 11.8. The van der Waals surface area contributed by atoms with Crippen molar-refractivity contribution in [2.45, 2.75) is 66.2 Å². The maximum atomic E-state index is 9.14. The van der Waals surface area contributed by atoms with Gasteiger partial charge in [-0.25, -0.2) is 9.97 Å². The molecule has 0 unspecified atom stereocenters. The zero-order valence-electron chi connectivity index (χ0n) is 24.7. The van der Waals surface area contributed by atoms with Crippen molar-refractivity contribution < 1.29 is 0 Å². The Morgan fingerprint density at radius 3 is 1.81 bits per heavy atom. The van der Waals surface area contributed by atoms with Gasteiger partial charge in [-0.3, -0.25) is 0 Å². The van der Waals surface area contributed by atoms with Crippen molar-refractivity contribution >= 4 is 52.0 Å². The summed E-state index contributed by atoms with van der Waals surface area (Å²) in [6.07, 6.45) is 7.13. The first-order valence-corrected chi connectivity index (χ1v) is 15.2. The van der Waals surface area contributed by atoms with Gasteiger partial charge in [-0.05, 0) is 123 Å². The van der Waals surface area contributed by atoms with Gasteiger partial charge in [0.2, 0.25) is 0 Å². The van der Waals surface area contributed by atoms with E-state index >= 15 is 0 Å². The highest BCUT2D eigenvalue weighted by Crippen LogP contribution is 2.33. The monoisotopic (exact) mass is 630 g/mol. The number of nitrogens with one attached hydrogen (secondary N) is 1. The van der Waals surface area contributed by atoms with E-state index in [1.807, 2.05) is 39.0 Å². The van der Waals surface area contributed by atoms with Crippen LogP contribution in [0, 0.1) is 50.4 Å². The number of halogens is 3. The van der Waals surface area contributed by atoms with Crippen LogP contribution >= 0.6 is 34.8 Å². The molecule has 6 rings (SSSR count). The highest BCUT2D eigenvalue weighted by molar-refractivity contribution is 6.33. The van der Waals surface area contributed by atoms with Crippen LogP contribution in [0.3, 0.4) is 0 Å². The number of aryl methyl sites for hydroxylation is 2. The number of aromatic nitrogens is 2. The fraction of sp³-hybridized carbons (Fsp3) is 0.294. The molecular formula is C34H33Cl3N6. The summed E-state index contributed by atoms with van der Waals surface area (Å²) in [4.78, 5) is 8.17. The van der Waals surface area contributed by atoms with Crippen molar-refractivity contribution in [2.75, 3.05) is 11.1 Å². The predicted octanol–water partition coefficient (Wildman–Crippen LogP) is 9.09.